The fraction of sp³-hybridized carbons (Fsp3) is 0.526. The van der Waals surface area contributed by atoms with Crippen LogP contribution in [0.1, 0.15) is 37.2 Å². The molecule has 1 aliphatic heterocycles. The summed E-state index contributed by atoms with van der Waals surface area (Å²) in [6, 6.07) is 7.50. The molecule has 2 heterocycles. The largest absolute Gasteiger partial charge is 0.354 e. The second-order valence-electron chi connectivity index (χ2n) is 7.39. The van der Waals surface area contributed by atoms with E-state index in [9.17, 15) is 9.59 Å². The lowest BCUT2D eigenvalue weighted by Gasteiger charge is -2.36. The van der Waals surface area contributed by atoms with Crippen molar-refractivity contribution < 1.29 is 9.59 Å². The van der Waals surface area contributed by atoms with Crippen LogP contribution in [0.15, 0.2) is 24.3 Å². The SMILES string of the molecule is CC(C)(C(=O)NCCNC(=O)c1n[nH]c2ccccc12)C1CCCNC1. The van der Waals surface area contributed by atoms with E-state index in [1.165, 1.54) is 0 Å². The lowest BCUT2D eigenvalue weighted by molar-refractivity contribution is -0.132. The number of carbonyl (C=O) groups is 2. The number of carbonyl (C=O) groups excluding carboxylic acids is 2. The van der Waals surface area contributed by atoms with Crippen LogP contribution in [0.3, 0.4) is 0 Å². The Balaban J connectivity index is 1.47. The molecule has 26 heavy (non-hydrogen) atoms. The number of aromatic nitrogens is 2. The molecule has 1 atom stereocenters. The summed E-state index contributed by atoms with van der Waals surface area (Å²) in [4.78, 5) is 24.8. The zero-order chi connectivity index (χ0) is 18.6. The highest BCUT2D eigenvalue weighted by Gasteiger charge is 2.36. The first-order valence-corrected chi connectivity index (χ1v) is 9.20. The topological polar surface area (TPSA) is 98.9 Å². The molecular weight excluding hydrogens is 330 g/mol. The lowest BCUT2D eigenvalue weighted by atomic mass is 9.74. The maximum Gasteiger partial charge on any atom is 0.272 e. The van der Waals surface area contributed by atoms with Gasteiger partial charge >= 0.3 is 0 Å². The molecule has 0 aliphatic carbocycles. The monoisotopic (exact) mass is 357 g/mol. The van der Waals surface area contributed by atoms with Crippen LogP contribution in [0.4, 0.5) is 0 Å². The quantitative estimate of drug-likeness (QED) is 0.588. The average Bonchev–Trinajstić information content (AvgIpc) is 3.09. The van der Waals surface area contributed by atoms with E-state index in [4.69, 9.17) is 0 Å². The fourth-order valence-electron chi connectivity index (χ4n) is 3.45. The van der Waals surface area contributed by atoms with Gasteiger partial charge in [-0.15, -0.1) is 0 Å². The van der Waals surface area contributed by atoms with E-state index < -0.39 is 5.41 Å². The molecule has 1 fully saturated rings. The molecule has 3 rings (SSSR count). The molecule has 1 aliphatic rings. The van der Waals surface area contributed by atoms with Crippen LogP contribution in [0, 0.1) is 11.3 Å². The number of piperidine rings is 1. The number of amides is 2. The second kappa shape index (κ2) is 7.86. The van der Waals surface area contributed by atoms with E-state index in [0.717, 1.165) is 36.8 Å². The third-order valence-corrected chi connectivity index (χ3v) is 5.28. The highest BCUT2D eigenvalue weighted by molar-refractivity contribution is 6.04. The molecule has 2 amide bonds. The van der Waals surface area contributed by atoms with E-state index in [0.29, 0.717) is 24.7 Å². The second-order valence-corrected chi connectivity index (χ2v) is 7.39. The number of rotatable bonds is 6. The molecule has 4 N–H and O–H groups in total. The number of nitrogens with one attached hydrogen (secondary N) is 4. The molecular formula is C19H27N5O2. The van der Waals surface area contributed by atoms with Crippen LogP contribution >= 0.6 is 0 Å². The third kappa shape index (κ3) is 3.88. The van der Waals surface area contributed by atoms with E-state index in [2.05, 4.69) is 26.1 Å². The zero-order valence-corrected chi connectivity index (χ0v) is 15.4. The smallest absolute Gasteiger partial charge is 0.272 e. The molecule has 140 valence electrons. The number of benzene rings is 1. The number of H-pyrrole nitrogens is 1. The van der Waals surface area contributed by atoms with Gasteiger partial charge in [0.05, 0.1) is 5.52 Å². The van der Waals surface area contributed by atoms with Crippen molar-refractivity contribution in [1.82, 2.24) is 26.1 Å². The van der Waals surface area contributed by atoms with E-state index in [-0.39, 0.29) is 11.8 Å². The van der Waals surface area contributed by atoms with Crippen molar-refractivity contribution in [1.29, 1.82) is 0 Å². The number of fused-ring (bicyclic) bond motifs is 1. The molecule has 0 bridgehead atoms. The van der Waals surface area contributed by atoms with Gasteiger partial charge in [0.25, 0.3) is 5.91 Å². The van der Waals surface area contributed by atoms with Gasteiger partial charge in [0, 0.05) is 23.9 Å². The summed E-state index contributed by atoms with van der Waals surface area (Å²) >= 11 is 0. The van der Waals surface area contributed by atoms with Crippen molar-refractivity contribution in [3.05, 3.63) is 30.0 Å². The fourth-order valence-corrected chi connectivity index (χ4v) is 3.45. The molecule has 0 saturated carbocycles. The van der Waals surface area contributed by atoms with Crippen molar-refractivity contribution >= 4 is 22.7 Å². The Kier molecular flexibility index (Phi) is 5.56. The van der Waals surface area contributed by atoms with Crippen LogP contribution in [-0.2, 0) is 4.79 Å². The van der Waals surface area contributed by atoms with Crippen LogP contribution < -0.4 is 16.0 Å². The van der Waals surface area contributed by atoms with Crippen molar-refractivity contribution in [2.45, 2.75) is 26.7 Å². The first-order chi connectivity index (χ1) is 12.5. The zero-order valence-electron chi connectivity index (χ0n) is 15.4. The third-order valence-electron chi connectivity index (χ3n) is 5.28. The minimum atomic E-state index is -0.421. The molecule has 2 aromatic rings. The Hall–Kier alpha value is -2.41. The van der Waals surface area contributed by atoms with Crippen LogP contribution in [0.2, 0.25) is 0 Å². The highest BCUT2D eigenvalue weighted by atomic mass is 16.2. The van der Waals surface area contributed by atoms with Gasteiger partial charge in [-0.05, 0) is 37.9 Å². The Morgan fingerprint density at radius 2 is 2.00 bits per heavy atom. The number of hydrogen-bond donors (Lipinski definition) is 4. The van der Waals surface area contributed by atoms with Crippen LogP contribution in [0.5, 0.6) is 0 Å². The predicted octanol–water partition coefficient (Wildman–Crippen LogP) is 1.43. The first-order valence-electron chi connectivity index (χ1n) is 9.20. The van der Waals surface area contributed by atoms with Crippen molar-refractivity contribution in [2.75, 3.05) is 26.2 Å². The Morgan fingerprint density at radius 1 is 1.23 bits per heavy atom. The van der Waals surface area contributed by atoms with E-state index in [1.807, 2.05) is 38.1 Å². The van der Waals surface area contributed by atoms with Crippen molar-refractivity contribution in [3.63, 3.8) is 0 Å². The van der Waals surface area contributed by atoms with Crippen LogP contribution in [0.25, 0.3) is 10.9 Å². The first kappa shape index (κ1) is 18.4. The van der Waals surface area contributed by atoms with Gasteiger partial charge in [0.1, 0.15) is 0 Å². The summed E-state index contributed by atoms with van der Waals surface area (Å²) in [5.41, 5.74) is 0.782. The number of aromatic amines is 1. The van der Waals surface area contributed by atoms with Gasteiger partial charge in [-0.1, -0.05) is 32.0 Å². The van der Waals surface area contributed by atoms with Gasteiger partial charge in [-0.2, -0.15) is 5.10 Å². The van der Waals surface area contributed by atoms with E-state index in [1.54, 1.807) is 0 Å². The Labute approximate surface area is 153 Å². The number of para-hydroxylation sites is 1. The van der Waals surface area contributed by atoms with E-state index >= 15 is 0 Å². The maximum atomic E-state index is 12.5. The Morgan fingerprint density at radius 3 is 2.77 bits per heavy atom. The van der Waals surface area contributed by atoms with Gasteiger partial charge in [-0.25, -0.2) is 0 Å². The Bertz CT molecular complexity index is 777. The normalized spacial score (nSPS) is 17.8. The minimum absolute atomic E-state index is 0.0330. The number of hydrogen-bond acceptors (Lipinski definition) is 4. The van der Waals surface area contributed by atoms with Crippen molar-refractivity contribution in [3.8, 4) is 0 Å². The molecule has 1 unspecified atom stereocenters. The summed E-state index contributed by atoms with van der Waals surface area (Å²) < 4.78 is 0. The molecule has 7 nitrogen and oxygen atoms in total. The molecule has 1 aromatic heterocycles. The molecule has 1 saturated heterocycles. The standard InChI is InChI=1S/C19H27N5O2/c1-19(2,13-6-5-9-20-12-13)18(26)22-11-10-21-17(25)16-14-7-3-4-8-15(14)23-24-16/h3-4,7-8,13,20H,5-6,9-12H2,1-2H3,(H,21,25)(H,22,26)(H,23,24). The summed E-state index contributed by atoms with van der Waals surface area (Å²) in [5.74, 6) is 0.124. The molecule has 1 aromatic carbocycles. The van der Waals surface area contributed by atoms with Crippen LogP contribution in [-0.4, -0.2) is 48.2 Å². The molecule has 0 radical (unpaired) electrons. The lowest BCUT2D eigenvalue weighted by Crippen LogP contribution is -2.48. The average molecular weight is 357 g/mol. The summed E-state index contributed by atoms with van der Waals surface area (Å²) in [6.45, 7) is 6.66. The number of nitrogens with zero attached hydrogens (tertiary/aromatic N) is 1. The van der Waals surface area contributed by atoms with Gasteiger partial charge in [0.15, 0.2) is 5.69 Å². The van der Waals surface area contributed by atoms with Gasteiger partial charge in [0.2, 0.25) is 5.91 Å². The maximum absolute atomic E-state index is 12.5. The summed E-state index contributed by atoms with van der Waals surface area (Å²) in [7, 11) is 0. The molecule has 7 heteroatoms. The highest BCUT2D eigenvalue weighted by Crippen LogP contribution is 2.31. The predicted molar refractivity (Wildman–Crippen MR) is 101 cm³/mol. The summed E-state index contributed by atoms with van der Waals surface area (Å²) in [6.07, 6.45) is 2.17. The van der Waals surface area contributed by atoms with Crippen molar-refractivity contribution in [2.24, 2.45) is 11.3 Å². The molecule has 0 spiro atoms. The van der Waals surface area contributed by atoms with Gasteiger partial charge < -0.3 is 16.0 Å². The van der Waals surface area contributed by atoms with Gasteiger partial charge in [-0.3, -0.25) is 14.7 Å². The minimum Gasteiger partial charge on any atom is -0.354 e. The summed E-state index contributed by atoms with van der Waals surface area (Å²) in [5, 5.41) is 16.8.